The summed E-state index contributed by atoms with van der Waals surface area (Å²) >= 11 is 7.80. The van der Waals surface area contributed by atoms with Gasteiger partial charge in [0.05, 0.1) is 6.61 Å². The first-order valence-corrected chi connectivity index (χ1v) is 8.19. The van der Waals surface area contributed by atoms with E-state index in [2.05, 4.69) is 15.5 Å². The Morgan fingerprint density at radius 2 is 2.14 bits per heavy atom. The molecular formula is C15H20ClN3OS. The van der Waals surface area contributed by atoms with Crippen LogP contribution in [0.1, 0.15) is 17.0 Å². The predicted molar refractivity (Wildman–Crippen MR) is 88.2 cm³/mol. The van der Waals surface area contributed by atoms with Crippen molar-refractivity contribution in [2.45, 2.75) is 19.8 Å². The first-order chi connectivity index (χ1) is 10.2. The van der Waals surface area contributed by atoms with Crippen molar-refractivity contribution in [2.75, 3.05) is 26.8 Å². The molecular weight excluding hydrogens is 306 g/mol. The molecule has 1 aromatic heterocycles. The number of aryl methyl sites for hydroxylation is 1. The molecule has 0 radical (unpaired) electrons. The Morgan fingerprint density at radius 1 is 1.29 bits per heavy atom. The zero-order chi connectivity index (χ0) is 15.1. The van der Waals surface area contributed by atoms with Gasteiger partial charge in [-0.1, -0.05) is 35.1 Å². The predicted octanol–water partition coefficient (Wildman–Crippen LogP) is 3.34. The fourth-order valence-electron chi connectivity index (χ4n) is 1.97. The van der Waals surface area contributed by atoms with E-state index >= 15 is 0 Å². The van der Waals surface area contributed by atoms with Crippen LogP contribution < -0.4 is 5.32 Å². The summed E-state index contributed by atoms with van der Waals surface area (Å²) in [4.78, 5) is 0. The number of rotatable bonds is 8. The Bertz CT molecular complexity index is 574. The van der Waals surface area contributed by atoms with Crippen molar-refractivity contribution >= 4 is 22.9 Å². The molecule has 0 aliphatic rings. The maximum absolute atomic E-state index is 6.15. The summed E-state index contributed by atoms with van der Waals surface area (Å²) in [7, 11) is 1.71. The molecule has 2 aromatic rings. The minimum atomic E-state index is 0.747. The number of halogens is 1. The van der Waals surface area contributed by atoms with E-state index in [0.29, 0.717) is 0 Å². The van der Waals surface area contributed by atoms with E-state index in [1.807, 2.05) is 25.1 Å². The van der Waals surface area contributed by atoms with Crippen LogP contribution in [0.4, 0.5) is 0 Å². The molecule has 0 aliphatic heterocycles. The van der Waals surface area contributed by atoms with Gasteiger partial charge in [-0.2, -0.15) is 0 Å². The van der Waals surface area contributed by atoms with Crippen LogP contribution in [0.15, 0.2) is 18.2 Å². The van der Waals surface area contributed by atoms with Gasteiger partial charge in [0.15, 0.2) is 0 Å². The Morgan fingerprint density at radius 3 is 2.95 bits per heavy atom. The van der Waals surface area contributed by atoms with Gasteiger partial charge < -0.3 is 10.1 Å². The second kappa shape index (κ2) is 8.44. The van der Waals surface area contributed by atoms with Crippen LogP contribution in [-0.2, 0) is 11.2 Å². The first kappa shape index (κ1) is 16.4. The third kappa shape index (κ3) is 4.74. The van der Waals surface area contributed by atoms with Gasteiger partial charge in [0.25, 0.3) is 0 Å². The van der Waals surface area contributed by atoms with Gasteiger partial charge in [-0.25, -0.2) is 0 Å². The van der Waals surface area contributed by atoms with Crippen molar-refractivity contribution < 1.29 is 4.74 Å². The first-order valence-electron chi connectivity index (χ1n) is 7.00. The SMILES string of the molecule is COCCNCCCc1nnc(-c2cccc(Cl)c2C)s1. The topological polar surface area (TPSA) is 47.0 Å². The van der Waals surface area contributed by atoms with E-state index in [4.69, 9.17) is 16.3 Å². The van der Waals surface area contributed by atoms with Crippen LogP contribution in [0, 0.1) is 6.92 Å². The molecule has 21 heavy (non-hydrogen) atoms. The molecule has 0 bridgehead atoms. The Hall–Kier alpha value is -1.01. The van der Waals surface area contributed by atoms with E-state index < -0.39 is 0 Å². The van der Waals surface area contributed by atoms with Crippen LogP contribution in [0.5, 0.6) is 0 Å². The number of nitrogens with one attached hydrogen (secondary N) is 1. The van der Waals surface area contributed by atoms with Crippen molar-refractivity contribution in [2.24, 2.45) is 0 Å². The van der Waals surface area contributed by atoms with Gasteiger partial charge in [0.2, 0.25) is 0 Å². The molecule has 0 fully saturated rings. The standard InChI is InChI=1S/C15H20ClN3OS/c1-11-12(5-3-6-13(11)16)15-19-18-14(21-15)7-4-8-17-9-10-20-2/h3,5-6,17H,4,7-10H2,1-2H3. The van der Waals surface area contributed by atoms with Gasteiger partial charge in [-0.05, 0) is 31.5 Å². The van der Waals surface area contributed by atoms with E-state index in [1.165, 1.54) is 0 Å². The monoisotopic (exact) mass is 325 g/mol. The number of hydrogen-bond donors (Lipinski definition) is 1. The number of hydrogen-bond acceptors (Lipinski definition) is 5. The molecule has 0 saturated carbocycles. The Balaban J connectivity index is 1.88. The maximum Gasteiger partial charge on any atom is 0.148 e. The van der Waals surface area contributed by atoms with Crippen molar-refractivity contribution in [1.82, 2.24) is 15.5 Å². The second-order valence-electron chi connectivity index (χ2n) is 4.76. The lowest BCUT2D eigenvalue weighted by molar-refractivity contribution is 0.199. The smallest absolute Gasteiger partial charge is 0.148 e. The summed E-state index contributed by atoms with van der Waals surface area (Å²) in [5, 5.41) is 14.7. The molecule has 0 spiro atoms. The zero-order valence-corrected chi connectivity index (χ0v) is 13.9. The second-order valence-corrected chi connectivity index (χ2v) is 6.23. The molecule has 0 atom stereocenters. The van der Waals surface area contributed by atoms with E-state index in [9.17, 15) is 0 Å². The van der Waals surface area contributed by atoms with Crippen molar-refractivity contribution in [3.63, 3.8) is 0 Å². The van der Waals surface area contributed by atoms with Gasteiger partial charge in [0.1, 0.15) is 10.0 Å². The van der Waals surface area contributed by atoms with Crippen molar-refractivity contribution in [3.8, 4) is 10.6 Å². The summed E-state index contributed by atoms with van der Waals surface area (Å²) in [6.45, 7) is 4.61. The molecule has 4 nitrogen and oxygen atoms in total. The molecule has 114 valence electrons. The van der Waals surface area contributed by atoms with Gasteiger partial charge >= 0.3 is 0 Å². The Kier molecular flexibility index (Phi) is 6.57. The van der Waals surface area contributed by atoms with E-state index in [-0.39, 0.29) is 0 Å². The van der Waals surface area contributed by atoms with Gasteiger partial charge in [-0.15, -0.1) is 10.2 Å². The van der Waals surface area contributed by atoms with Gasteiger partial charge in [-0.3, -0.25) is 0 Å². The molecule has 2 rings (SSSR count). The zero-order valence-electron chi connectivity index (χ0n) is 12.4. The summed E-state index contributed by atoms with van der Waals surface area (Å²) in [6, 6.07) is 5.89. The minimum Gasteiger partial charge on any atom is -0.383 e. The lowest BCUT2D eigenvalue weighted by atomic mass is 10.1. The number of benzene rings is 1. The molecule has 0 saturated heterocycles. The van der Waals surface area contributed by atoms with Gasteiger partial charge in [0, 0.05) is 30.7 Å². The quantitative estimate of drug-likeness (QED) is 0.756. The lowest BCUT2D eigenvalue weighted by Gasteiger charge is -2.03. The highest BCUT2D eigenvalue weighted by Gasteiger charge is 2.10. The highest BCUT2D eigenvalue weighted by molar-refractivity contribution is 7.14. The van der Waals surface area contributed by atoms with Crippen LogP contribution in [0.3, 0.4) is 0 Å². The molecule has 0 unspecified atom stereocenters. The van der Waals surface area contributed by atoms with E-state index in [0.717, 1.165) is 58.7 Å². The normalized spacial score (nSPS) is 11.0. The summed E-state index contributed by atoms with van der Waals surface area (Å²) in [5.74, 6) is 0. The number of nitrogens with zero attached hydrogens (tertiary/aromatic N) is 2. The highest BCUT2D eigenvalue weighted by atomic mass is 35.5. The number of methoxy groups -OCH3 is 1. The van der Waals surface area contributed by atoms with Crippen LogP contribution in [0.2, 0.25) is 5.02 Å². The van der Waals surface area contributed by atoms with Crippen LogP contribution in [-0.4, -0.2) is 37.0 Å². The average molecular weight is 326 g/mol. The van der Waals surface area contributed by atoms with Crippen molar-refractivity contribution in [1.29, 1.82) is 0 Å². The molecule has 0 amide bonds. The third-order valence-electron chi connectivity index (χ3n) is 3.19. The summed E-state index contributed by atoms with van der Waals surface area (Å²) in [6.07, 6.45) is 1.99. The maximum atomic E-state index is 6.15. The van der Waals surface area contributed by atoms with E-state index in [1.54, 1.807) is 18.4 Å². The third-order valence-corrected chi connectivity index (χ3v) is 4.62. The van der Waals surface area contributed by atoms with Crippen molar-refractivity contribution in [3.05, 3.63) is 33.8 Å². The molecule has 1 aromatic carbocycles. The number of aromatic nitrogens is 2. The number of ether oxygens (including phenoxy) is 1. The molecule has 6 heteroatoms. The summed E-state index contributed by atoms with van der Waals surface area (Å²) < 4.78 is 4.99. The molecule has 1 N–H and O–H groups in total. The van der Waals surface area contributed by atoms with Crippen LogP contribution in [0.25, 0.3) is 10.6 Å². The fourth-order valence-corrected chi connectivity index (χ4v) is 3.10. The average Bonchev–Trinajstić information content (AvgIpc) is 2.94. The Labute approximate surface area is 134 Å². The highest BCUT2D eigenvalue weighted by Crippen LogP contribution is 2.30. The lowest BCUT2D eigenvalue weighted by Crippen LogP contribution is -2.20. The minimum absolute atomic E-state index is 0.747. The molecule has 1 heterocycles. The molecule has 0 aliphatic carbocycles. The largest absolute Gasteiger partial charge is 0.383 e. The van der Waals surface area contributed by atoms with Crippen LogP contribution >= 0.6 is 22.9 Å². The fraction of sp³-hybridized carbons (Fsp3) is 0.467. The summed E-state index contributed by atoms with van der Waals surface area (Å²) in [5.41, 5.74) is 2.13.